The summed E-state index contributed by atoms with van der Waals surface area (Å²) in [6.45, 7) is 7.24. The minimum absolute atomic E-state index is 0.298. The maximum absolute atomic E-state index is 12.3. The molecule has 0 aliphatic carbocycles. The van der Waals surface area contributed by atoms with E-state index in [9.17, 15) is 4.79 Å². The Morgan fingerprint density at radius 1 is 1.43 bits per heavy atom. The third kappa shape index (κ3) is 3.83. The Hall–Kier alpha value is -1.40. The van der Waals surface area contributed by atoms with Crippen molar-refractivity contribution in [2.45, 2.75) is 38.8 Å². The van der Waals surface area contributed by atoms with Gasteiger partial charge in [0.15, 0.2) is 0 Å². The highest BCUT2D eigenvalue weighted by molar-refractivity contribution is 5.77. The van der Waals surface area contributed by atoms with Crippen LogP contribution in [-0.4, -0.2) is 59.6 Å². The van der Waals surface area contributed by atoms with Crippen LogP contribution in [0, 0.1) is 6.92 Å². The summed E-state index contributed by atoms with van der Waals surface area (Å²) in [5.41, 5.74) is 0.974. The van der Waals surface area contributed by atoms with Gasteiger partial charge in [-0.3, -0.25) is 9.69 Å². The highest BCUT2D eigenvalue weighted by atomic mass is 16.5. The number of piperazine rings is 1. The SMILES string of the molecule is Cc1cc(CN2CCN(C(=O)CC3CCCN3)CC2)no1. The van der Waals surface area contributed by atoms with Crippen molar-refractivity contribution < 1.29 is 9.32 Å². The molecule has 3 rings (SSSR count). The number of aromatic nitrogens is 1. The van der Waals surface area contributed by atoms with Gasteiger partial charge in [0.25, 0.3) is 0 Å². The van der Waals surface area contributed by atoms with Crippen molar-refractivity contribution in [1.29, 1.82) is 0 Å². The molecule has 2 aliphatic rings. The van der Waals surface area contributed by atoms with E-state index in [1.54, 1.807) is 0 Å². The largest absolute Gasteiger partial charge is 0.361 e. The zero-order valence-electron chi connectivity index (χ0n) is 12.7. The fraction of sp³-hybridized carbons (Fsp3) is 0.733. The fourth-order valence-corrected chi connectivity index (χ4v) is 3.15. The van der Waals surface area contributed by atoms with Gasteiger partial charge in [-0.25, -0.2) is 0 Å². The van der Waals surface area contributed by atoms with Gasteiger partial charge in [-0.05, 0) is 26.3 Å². The number of carbonyl (C=O) groups is 1. The van der Waals surface area contributed by atoms with Crippen LogP contribution in [0.2, 0.25) is 0 Å². The Labute approximate surface area is 125 Å². The van der Waals surface area contributed by atoms with E-state index in [1.807, 2.05) is 17.9 Å². The van der Waals surface area contributed by atoms with Crippen LogP contribution in [0.5, 0.6) is 0 Å². The molecule has 1 aromatic heterocycles. The zero-order chi connectivity index (χ0) is 14.7. The van der Waals surface area contributed by atoms with Crippen molar-refractivity contribution in [3.63, 3.8) is 0 Å². The highest BCUT2D eigenvalue weighted by Crippen LogP contribution is 2.13. The molecule has 21 heavy (non-hydrogen) atoms. The van der Waals surface area contributed by atoms with Crippen LogP contribution in [0.15, 0.2) is 10.6 Å². The maximum atomic E-state index is 12.3. The third-order valence-electron chi connectivity index (χ3n) is 4.37. The molecule has 2 fully saturated rings. The van der Waals surface area contributed by atoms with Gasteiger partial charge < -0.3 is 14.7 Å². The third-order valence-corrected chi connectivity index (χ3v) is 4.37. The number of hydrogen-bond acceptors (Lipinski definition) is 5. The highest BCUT2D eigenvalue weighted by Gasteiger charge is 2.25. The molecule has 116 valence electrons. The molecule has 3 heterocycles. The van der Waals surface area contributed by atoms with Crippen LogP contribution < -0.4 is 5.32 Å². The summed E-state index contributed by atoms with van der Waals surface area (Å²) in [6, 6.07) is 2.37. The summed E-state index contributed by atoms with van der Waals surface area (Å²) in [5.74, 6) is 1.15. The molecule has 0 bridgehead atoms. The number of nitrogens with zero attached hydrogens (tertiary/aromatic N) is 3. The van der Waals surface area contributed by atoms with Gasteiger partial charge >= 0.3 is 0 Å². The molecule has 0 saturated carbocycles. The van der Waals surface area contributed by atoms with E-state index < -0.39 is 0 Å². The summed E-state index contributed by atoms with van der Waals surface area (Å²) in [5, 5.41) is 7.42. The van der Waals surface area contributed by atoms with Gasteiger partial charge in [0.05, 0.1) is 5.69 Å². The lowest BCUT2D eigenvalue weighted by atomic mass is 10.1. The summed E-state index contributed by atoms with van der Waals surface area (Å²) in [4.78, 5) is 16.6. The Morgan fingerprint density at radius 2 is 2.24 bits per heavy atom. The van der Waals surface area contributed by atoms with Crippen molar-refractivity contribution >= 4 is 5.91 Å². The first-order chi connectivity index (χ1) is 10.2. The first-order valence-corrected chi connectivity index (χ1v) is 7.86. The Balaban J connectivity index is 1.42. The Kier molecular flexibility index (Phi) is 4.55. The number of nitrogens with one attached hydrogen (secondary N) is 1. The van der Waals surface area contributed by atoms with Gasteiger partial charge in [0.2, 0.25) is 5.91 Å². The van der Waals surface area contributed by atoms with E-state index in [4.69, 9.17) is 4.52 Å². The van der Waals surface area contributed by atoms with Crippen LogP contribution in [-0.2, 0) is 11.3 Å². The Morgan fingerprint density at radius 3 is 2.86 bits per heavy atom. The van der Waals surface area contributed by atoms with Crippen LogP contribution >= 0.6 is 0 Å². The van der Waals surface area contributed by atoms with E-state index in [1.165, 1.54) is 6.42 Å². The number of aryl methyl sites for hydroxylation is 1. The molecule has 1 amide bonds. The van der Waals surface area contributed by atoms with Gasteiger partial charge in [0.1, 0.15) is 5.76 Å². The minimum atomic E-state index is 0.298. The van der Waals surface area contributed by atoms with Gasteiger partial charge in [-0.2, -0.15) is 0 Å². The molecular formula is C15H24N4O2. The lowest BCUT2D eigenvalue weighted by Crippen LogP contribution is -2.49. The van der Waals surface area contributed by atoms with Gasteiger partial charge in [0, 0.05) is 51.3 Å². The number of hydrogen-bond donors (Lipinski definition) is 1. The first kappa shape index (κ1) is 14.5. The lowest BCUT2D eigenvalue weighted by Gasteiger charge is -2.34. The molecule has 1 unspecified atom stereocenters. The predicted molar refractivity (Wildman–Crippen MR) is 78.7 cm³/mol. The molecule has 2 saturated heterocycles. The van der Waals surface area contributed by atoms with E-state index in [2.05, 4.69) is 15.4 Å². The first-order valence-electron chi connectivity index (χ1n) is 7.86. The zero-order valence-corrected chi connectivity index (χ0v) is 12.7. The molecule has 0 radical (unpaired) electrons. The second-order valence-corrected chi connectivity index (χ2v) is 6.08. The molecule has 1 N–H and O–H groups in total. The number of amides is 1. The monoisotopic (exact) mass is 292 g/mol. The normalized spacial score (nSPS) is 23.7. The van der Waals surface area contributed by atoms with E-state index in [0.717, 1.165) is 57.1 Å². The quantitative estimate of drug-likeness (QED) is 0.888. The second-order valence-electron chi connectivity index (χ2n) is 6.08. The molecule has 1 atom stereocenters. The number of rotatable bonds is 4. The van der Waals surface area contributed by atoms with E-state index in [-0.39, 0.29) is 0 Å². The van der Waals surface area contributed by atoms with Crippen molar-refractivity contribution in [2.75, 3.05) is 32.7 Å². The maximum Gasteiger partial charge on any atom is 0.224 e. The van der Waals surface area contributed by atoms with E-state index >= 15 is 0 Å². The molecule has 0 aromatic carbocycles. The molecule has 6 heteroatoms. The van der Waals surface area contributed by atoms with Crippen LogP contribution in [0.1, 0.15) is 30.7 Å². The topological polar surface area (TPSA) is 61.6 Å². The molecule has 1 aromatic rings. The smallest absolute Gasteiger partial charge is 0.224 e. The average Bonchev–Trinajstić information content (AvgIpc) is 3.12. The summed E-state index contributed by atoms with van der Waals surface area (Å²) < 4.78 is 5.09. The molecule has 0 spiro atoms. The average molecular weight is 292 g/mol. The van der Waals surface area contributed by atoms with Crippen LogP contribution in [0.4, 0.5) is 0 Å². The van der Waals surface area contributed by atoms with Crippen LogP contribution in [0.25, 0.3) is 0 Å². The minimum Gasteiger partial charge on any atom is -0.361 e. The van der Waals surface area contributed by atoms with Crippen molar-refractivity contribution in [1.82, 2.24) is 20.3 Å². The van der Waals surface area contributed by atoms with Crippen molar-refractivity contribution in [3.05, 3.63) is 17.5 Å². The van der Waals surface area contributed by atoms with Gasteiger partial charge in [-0.15, -0.1) is 0 Å². The predicted octanol–water partition coefficient (Wildman–Crippen LogP) is 0.769. The summed E-state index contributed by atoms with van der Waals surface area (Å²) in [6.07, 6.45) is 2.99. The summed E-state index contributed by atoms with van der Waals surface area (Å²) >= 11 is 0. The number of carbonyl (C=O) groups excluding carboxylic acids is 1. The van der Waals surface area contributed by atoms with Gasteiger partial charge in [-0.1, -0.05) is 5.16 Å². The summed E-state index contributed by atoms with van der Waals surface area (Å²) in [7, 11) is 0. The second kappa shape index (κ2) is 6.58. The van der Waals surface area contributed by atoms with Crippen molar-refractivity contribution in [3.8, 4) is 0 Å². The van der Waals surface area contributed by atoms with Crippen molar-refractivity contribution in [2.24, 2.45) is 0 Å². The lowest BCUT2D eigenvalue weighted by molar-refractivity contribution is -0.133. The molecule has 6 nitrogen and oxygen atoms in total. The van der Waals surface area contributed by atoms with E-state index in [0.29, 0.717) is 18.4 Å². The molecule has 2 aliphatic heterocycles. The van der Waals surface area contributed by atoms with Crippen LogP contribution in [0.3, 0.4) is 0 Å². The fourth-order valence-electron chi connectivity index (χ4n) is 3.15. The molecular weight excluding hydrogens is 268 g/mol. The standard InChI is InChI=1S/C15H24N4O2/c1-12-9-14(17-21-12)11-18-5-7-19(8-6-18)15(20)10-13-3-2-4-16-13/h9,13,16H,2-8,10-11H2,1H3. The Bertz CT molecular complexity index is 474.